The minimum atomic E-state index is -0.527. The number of rotatable bonds is 3. The van der Waals surface area contributed by atoms with Crippen molar-refractivity contribution in [3.05, 3.63) is 0 Å². The highest BCUT2D eigenvalue weighted by atomic mass is 16.5. The molecular formula is C10H17N2O3. The zero-order chi connectivity index (χ0) is 11.3. The van der Waals surface area contributed by atoms with E-state index < -0.39 is 6.04 Å². The summed E-state index contributed by atoms with van der Waals surface area (Å²) in [6.07, 6.45) is 1.83. The fourth-order valence-corrected chi connectivity index (χ4v) is 1.32. The minimum absolute atomic E-state index is 0.0625. The largest absolute Gasteiger partial charge is 0.378 e. The maximum Gasteiger partial charge on any atom is 0.318 e. The van der Waals surface area contributed by atoms with Gasteiger partial charge in [-0.3, -0.25) is 4.79 Å². The van der Waals surface area contributed by atoms with Gasteiger partial charge < -0.3 is 15.0 Å². The molecule has 0 spiro atoms. The molecular weight excluding hydrogens is 196 g/mol. The number of nitrogens with one attached hydrogen (secondary N) is 1. The lowest BCUT2D eigenvalue weighted by molar-refractivity contribution is 0.0526. The van der Waals surface area contributed by atoms with E-state index in [1.165, 1.54) is 0 Å². The van der Waals surface area contributed by atoms with Crippen molar-refractivity contribution in [2.45, 2.75) is 19.9 Å². The molecule has 1 saturated heterocycles. The molecule has 1 rings (SSSR count). The van der Waals surface area contributed by atoms with E-state index in [1.54, 1.807) is 4.90 Å². The van der Waals surface area contributed by atoms with Crippen molar-refractivity contribution in [3.63, 3.8) is 0 Å². The van der Waals surface area contributed by atoms with E-state index in [1.807, 2.05) is 20.1 Å². The minimum Gasteiger partial charge on any atom is -0.378 e. The van der Waals surface area contributed by atoms with Crippen molar-refractivity contribution < 1.29 is 14.3 Å². The van der Waals surface area contributed by atoms with E-state index in [0.29, 0.717) is 26.3 Å². The van der Waals surface area contributed by atoms with Crippen LogP contribution in [0.3, 0.4) is 0 Å². The van der Waals surface area contributed by atoms with E-state index in [9.17, 15) is 9.59 Å². The van der Waals surface area contributed by atoms with Gasteiger partial charge in [0, 0.05) is 13.1 Å². The third-order valence-electron chi connectivity index (χ3n) is 2.37. The zero-order valence-electron chi connectivity index (χ0n) is 9.16. The van der Waals surface area contributed by atoms with Crippen molar-refractivity contribution in [2.75, 3.05) is 26.3 Å². The number of nitrogens with zero attached hydrogens (tertiary/aromatic N) is 1. The second-order valence-corrected chi connectivity index (χ2v) is 3.89. The summed E-state index contributed by atoms with van der Waals surface area (Å²) >= 11 is 0. The molecule has 1 aliphatic heterocycles. The van der Waals surface area contributed by atoms with Crippen LogP contribution in [0, 0.1) is 5.92 Å². The first kappa shape index (κ1) is 12.0. The second-order valence-electron chi connectivity index (χ2n) is 3.89. The summed E-state index contributed by atoms with van der Waals surface area (Å²) in [5, 5.41) is 2.64. The highest BCUT2D eigenvalue weighted by Crippen LogP contribution is 2.02. The van der Waals surface area contributed by atoms with Gasteiger partial charge >= 0.3 is 6.03 Å². The number of amides is 2. The predicted octanol–water partition coefficient (Wildman–Crippen LogP) is 0.163. The van der Waals surface area contributed by atoms with Crippen LogP contribution in [-0.4, -0.2) is 49.6 Å². The Kier molecular flexibility index (Phi) is 4.55. The Morgan fingerprint density at radius 2 is 2.00 bits per heavy atom. The van der Waals surface area contributed by atoms with Crippen LogP contribution in [0.1, 0.15) is 13.8 Å². The van der Waals surface area contributed by atoms with Crippen molar-refractivity contribution in [3.8, 4) is 0 Å². The van der Waals surface area contributed by atoms with E-state index in [-0.39, 0.29) is 11.9 Å². The standard InChI is InChI=1S/C10H17N2O3/c1-8(2)9(7-13)11-10(14)12-3-5-15-6-4-12/h8-9H,3-6H2,1-2H3,(H,11,14)/t9-/m1/s1. The maximum atomic E-state index is 11.7. The average molecular weight is 213 g/mol. The molecule has 5 nitrogen and oxygen atoms in total. The van der Waals surface area contributed by atoms with E-state index in [4.69, 9.17) is 4.74 Å². The quantitative estimate of drug-likeness (QED) is 0.726. The molecule has 1 radical (unpaired) electrons. The van der Waals surface area contributed by atoms with Crippen LogP contribution in [0.4, 0.5) is 4.79 Å². The van der Waals surface area contributed by atoms with Gasteiger partial charge in [0.15, 0.2) is 0 Å². The SMILES string of the molecule is CC(C)[C@@H]([C]=O)NC(=O)N1CCOCC1. The van der Waals surface area contributed by atoms with E-state index >= 15 is 0 Å². The lowest BCUT2D eigenvalue weighted by Gasteiger charge is -2.28. The highest BCUT2D eigenvalue weighted by Gasteiger charge is 2.21. The molecule has 1 heterocycles. The van der Waals surface area contributed by atoms with E-state index in [0.717, 1.165) is 0 Å². The summed E-state index contributed by atoms with van der Waals surface area (Å²) in [4.78, 5) is 23.9. The van der Waals surface area contributed by atoms with Gasteiger partial charge in [0.1, 0.15) is 0 Å². The molecule has 1 atom stereocenters. The van der Waals surface area contributed by atoms with Crippen molar-refractivity contribution in [1.82, 2.24) is 10.2 Å². The van der Waals surface area contributed by atoms with Crippen molar-refractivity contribution >= 4 is 12.3 Å². The second kappa shape index (κ2) is 5.70. The molecule has 0 saturated carbocycles. The number of ether oxygens (including phenoxy) is 1. The fourth-order valence-electron chi connectivity index (χ4n) is 1.32. The molecule has 5 heteroatoms. The Bertz CT molecular complexity index is 225. The Hall–Kier alpha value is -1.10. The summed E-state index contributed by atoms with van der Waals surface area (Å²) in [6, 6.07) is -0.735. The maximum absolute atomic E-state index is 11.7. The molecule has 0 aliphatic carbocycles. The molecule has 0 unspecified atom stereocenters. The summed E-state index contributed by atoms with van der Waals surface area (Å²) in [6.45, 7) is 6.02. The fraction of sp³-hybridized carbons (Fsp3) is 0.800. The number of urea groups is 1. The highest BCUT2D eigenvalue weighted by molar-refractivity contribution is 5.78. The molecule has 1 aliphatic rings. The van der Waals surface area contributed by atoms with Gasteiger partial charge in [-0.05, 0) is 5.92 Å². The molecule has 1 fully saturated rings. The van der Waals surface area contributed by atoms with Gasteiger partial charge in [-0.2, -0.15) is 0 Å². The molecule has 0 bridgehead atoms. The molecule has 0 aromatic carbocycles. The number of carbonyl (C=O) groups excluding carboxylic acids is 2. The molecule has 15 heavy (non-hydrogen) atoms. The zero-order valence-corrected chi connectivity index (χ0v) is 9.16. The third kappa shape index (κ3) is 3.51. The topological polar surface area (TPSA) is 58.6 Å². The van der Waals surface area contributed by atoms with Crippen molar-refractivity contribution in [1.29, 1.82) is 0 Å². The normalized spacial score (nSPS) is 18.7. The predicted molar refractivity (Wildman–Crippen MR) is 55.2 cm³/mol. The molecule has 85 valence electrons. The Morgan fingerprint density at radius 1 is 1.40 bits per heavy atom. The molecule has 1 N–H and O–H groups in total. The first-order valence-corrected chi connectivity index (χ1v) is 5.16. The van der Waals surface area contributed by atoms with Crippen LogP contribution in [0.2, 0.25) is 0 Å². The number of hydrogen-bond donors (Lipinski definition) is 1. The third-order valence-corrected chi connectivity index (χ3v) is 2.37. The van der Waals surface area contributed by atoms with E-state index in [2.05, 4.69) is 5.32 Å². The first-order chi connectivity index (χ1) is 7.15. The Balaban J connectivity index is 2.42. The molecule has 2 amide bonds. The van der Waals surface area contributed by atoms with Gasteiger partial charge in [0.25, 0.3) is 0 Å². The average Bonchev–Trinajstić information content (AvgIpc) is 2.26. The first-order valence-electron chi connectivity index (χ1n) is 5.16. The lowest BCUT2D eigenvalue weighted by atomic mass is 10.1. The molecule has 0 aromatic heterocycles. The van der Waals surface area contributed by atoms with Crippen LogP contribution in [0.5, 0.6) is 0 Å². The number of carbonyl (C=O) groups is 1. The summed E-state index contributed by atoms with van der Waals surface area (Å²) < 4.78 is 5.13. The summed E-state index contributed by atoms with van der Waals surface area (Å²) in [7, 11) is 0. The van der Waals surface area contributed by atoms with Gasteiger partial charge in [-0.1, -0.05) is 13.8 Å². The summed E-state index contributed by atoms with van der Waals surface area (Å²) in [5.41, 5.74) is 0. The van der Waals surface area contributed by atoms with Crippen LogP contribution >= 0.6 is 0 Å². The van der Waals surface area contributed by atoms with Crippen LogP contribution in [-0.2, 0) is 9.53 Å². The van der Waals surface area contributed by atoms with Gasteiger partial charge in [0.2, 0.25) is 6.29 Å². The van der Waals surface area contributed by atoms with Crippen LogP contribution in [0.15, 0.2) is 0 Å². The summed E-state index contributed by atoms with van der Waals surface area (Å²) in [5.74, 6) is 0.0625. The Labute approximate surface area is 89.8 Å². The lowest BCUT2D eigenvalue weighted by Crippen LogP contribution is -2.50. The van der Waals surface area contributed by atoms with Crippen LogP contribution in [0.25, 0.3) is 0 Å². The van der Waals surface area contributed by atoms with Gasteiger partial charge in [-0.25, -0.2) is 4.79 Å². The van der Waals surface area contributed by atoms with Gasteiger partial charge in [0.05, 0.1) is 19.3 Å². The number of morpholine rings is 1. The van der Waals surface area contributed by atoms with Crippen molar-refractivity contribution in [2.24, 2.45) is 5.92 Å². The van der Waals surface area contributed by atoms with Crippen LogP contribution < -0.4 is 5.32 Å². The van der Waals surface area contributed by atoms with Gasteiger partial charge in [-0.15, -0.1) is 0 Å². The monoisotopic (exact) mass is 213 g/mol. The Morgan fingerprint density at radius 3 is 2.47 bits per heavy atom. The number of hydrogen-bond acceptors (Lipinski definition) is 3. The molecule has 0 aromatic rings. The smallest absolute Gasteiger partial charge is 0.318 e.